The van der Waals surface area contributed by atoms with Crippen molar-refractivity contribution >= 4 is 29.4 Å². The average molecular weight is 304 g/mol. The number of phenolic OH excluding ortho intramolecular Hbond substituents is 2. The van der Waals surface area contributed by atoms with E-state index in [1.165, 1.54) is 0 Å². The Labute approximate surface area is 133 Å². The zero-order chi connectivity index (χ0) is 16.0. The van der Waals surface area contributed by atoms with E-state index >= 15 is 0 Å². The fraction of sp³-hybridized carbons (Fsp3) is 0. The van der Waals surface area contributed by atoms with Gasteiger partial charge in [0, 0.05) is 11.0 Å². The summed E-state index contributed by atoms with van der Waals surface area (Å²) >= 11 is 0. The van der Waals surface area contributed by atoms with Gasteiger partial charge >= 0.3 is 7.12 Å². The van der Waals surface area contributed by atoms with E-state index in [1.807, 2.05) is 24.3 Å². The quantitative estimate of drug-likeness (QED) is 0.604. The summed E-state index contributed by atoms with van der Waals surface area (Å²) < 4.78 is 5.62. The van der Waals surface area contributed by atoms with Crippen LogP contribution in [0.4, 0.5) is 0 Å². The van der Waals surface area contributed by atoms with Crippen LogP contribution in [0, 0.1) is 0 Å². The zero-order valence-corrected chi connectivity index (χ0v) is 12.1. The maximum absolute atomic E-state index is 10.3. The van der Waals surface area contributed by atoms with E-state index in [-0.39, 0.29) is 11.5 Å². The van der Waals surface area contributed by atoms with E-state index in [0.29, 0.717) is 11.2 Å². The summed E-state index contributed by atoms with van der Waals surface area (Å²) in [6.45, 7) is 0. The monoisotopic (exact) mass is 304 g/mol. The van der Waals surface area contributed by atoms with E-state index in [1.54, 1.807) is 36.4 Å². The third-order valence-corrected chi connectivity index (χ3v) is 4.01. The van der Waals surface area contributed by atoms with Gasteiger partial charge in [0.15, 0.2) is 0 Å². The van der Waals surface area contributed by atoms with Crippen molar-refractivity contribution in [2.45, 2.75) is 0 Å². The third-order valence-electron chi connectivity index (χ3n) is 4.01. The van der Waals surface area contributed by atoms with Crippen molar-refractivity contribution in [3.63, 3.8) is 0 Å². The van der Waals surface area contributed by atoms with Gasteiger partial charge in [0.2, 0.25) is 0 Å². The van der Waals surface area contributed by atoms with Crippen LogP contribution >= 0.6 is 0 Å². The van der Waals surface area contributed by atoms with Crippen molar-refractivity contribution in [1.82, 2.24) is 0 Å². The molecule has 4 rings (SSSR count). The molecule has 0 amide bonds. The number of benzene rings is 3. The molecule has 5 heteroatoms. The fourth-order valence-corrected chi connectivity index (χ4v) is 2.85. The van der Waals surface area contributed by atoms with Gasteiger partial charge in [-0.2, -0.15) is 0 Å². The standard InChI is InChI=1S/C18H13BO4/c20-13-5-2-12(3-6-13)17-10-16-15-9-14(21)7-1-11(15)4-8-18(16)23-19(17)22/h1-10,20-22H. The third kappa shape index (κ3) is 2.31. The van der Waals surface area contributed by atoms with Gasteiger partial charge in [-0.25, -0.2) is 0 Å². The molecule has 0 unspecified atom stereocenters. The Morgan fingerprint density at radius 2 is 1.52 bits per heavy atom. The van der Waals surface area contributed by atoms with Crippen LogP contribution in [0.5, 0.6) is 17.2 Å². The normalized spacial score (nSPS) is 13.4. The summed E-state index contributed by atoms with van der Waals surface area (Å²) in [5, 5.41) is 31.3. The molecule has 3 aromatic rings. The van der Waals surface area contributed by atoms with Crippen molar-refractivity contribution in [1.29, 1.82) is 0 Å². The number of rotatable bonds is 1. The highest BCUT2D eigenvalue weighted by atomic mass is 16.5. The Bertz CT molecular complexity index is 932. The fourth-order valence-electron chi connectivity index (χ4n) is 2.85. The Morgan fingerprint density at radius 3 is 2.30 bits per heavy atom. The lowest BCUT2D eigenvalue weighted by Gasteiger charge is -2.22. The van der Waals surface area contributed by atoms with Gasteiger partial charge in [-0.3, -0.25) is 0 Å². The molecule has 1 heterocycles. The molecule has 4 nitrogen and oxygen atoms in total. The smallest absolute Gasteiger partial charge is 0.532 e. The minimum atomic E-state index is -1.08. The van der Waals surface area contributed by atoms with Crippen LogP contribution in [-0.4, -0.2) is 22.4 Å². The van der Waals surface area contributed by atoms with Crippen molar-refractivity contribution in [2.24, 2.45) is 0 Å². The summed E-state index contributed by atoms with van der Waals surface area (Å²) in [7, 11) is -1.08. The van der Waals surface area contributed by atoms with Crippen LogP contribution in [0.1, 0.15) is 11.1 Å². The summed E-state index contributed by atoms with van der Waals surface area (Å²) in [6.07, 6.45) is 1.86. The lowest BCUT2D eigenvalue weighted by atomic mass is 9.71. The Hall–Kier alpha value is -2.92. The molecule has 0 saturated heterocycles. The molecule has 0 aromatic heterocycles. The van der Waals surface area contributed by atoms with E-state index in [9.17, 15) is 15.2 Å². The molecule has 1 aliphatic rings. The van der Waals surface area contributed by atoms with Crippen LogP contribution < -0.4 is 4.65 Å². The van der Waals surface area contributed by atoms with Crippen LogP contribution in [0.2, 0.25) is 0 Å². The van der Waals surface area contributed by atoms with Gasteiger partial charge in [-0.05, 0) is 52.7 Å². The molecule has 112 valence electrons. The minimum absolute atomic E-state index is 0.163. The Balaban J connectivity index is 1.94. The maximum Gasteiger partial charge on any atom is 0.560 e. The first-order chi connectivity index (χ1) is 11.1. The van der Waals surface area contributed by atoms with Crippen LogP contribution in [0.15, 0.2) is 54.6 Å². The molecule has 23 heavy (non-hydrogen) atoms. The van der Waals surface area contributed by atoms with Crippen molar-refractivity contribution < 1.29 is 19.9 Å². The van der Waals surface area contributed by atoms with Crippen LogP contribution in [0.3, 0.4) is 0 Å². The van der Waals surface area contributed by atoms with Crippen LogP contribution in [0.25, 0.3) is 22.3 Å². The molecule has 0 aliphatic carbocycles. The first-order valence-electron chi connectivity index (χ1n) is 7.23. The minimum Gasteiger partial charge on any atom is -0.532 e. The molecular formula is C18H13BO4. The molecule has 3 aromatic carbocycles. The zero-order valence-electron chi connectivity index (χ0n) is 12.1. The van der Waals surface area contributed by atoms with Gasteiger partial charge in [0.05, 0.1) is 0 Å². The second kappa shape index (κ2) is 5.07. The van der Waals surface area contributed by atoms with E-state index < -0.39 is 7.12 Å². The first kappa shape index (κ1) is 13.7. The average Bonchev–Trinajstić information content (AvgIpc) is 2.55. The first-order valence-corrected chi connectivity index (χ1v) is 7.23. The predicted molar refractivity (Wildman–Crippen MR) is 90.2 cm³/mol. The maximum atomic E-state index is 10.3. The van der Waals surface area contributed by atoms with Crippen molar-refractivity contribution in [2.75, 3.05) is 0 Å². The molecule has 0 spiro atoms. The van der Waals surface area contributed by atoms with Crippen molar-refractivity contribution in [3.8, 4) is 17.2 Å². The Kier molecular flexibility index (Phi) is 3.03. The largest absolute Gasteiger partial charge is 0.560 e. The molecule has 0 fully saturated rings. The summed E-state index contributed by atoms with van der Waals surface area (Å²) in [6, 6.07) is 15.4. The van der Waals surface area contributed by atoms with E-state index in [2.05, 4.69) is 0 Å². The molecule has 0 bridgehead atoms. The van der Waals surface area contributed by atoms with E-state index in [0.717, 1.165) is 21.9 Å². The number of hydrogen-bond acceptors (Lipinski definition) is 4. The molecule has 0 saturated carbocycles. The molecular weight excluding hydrogens is 291 g/mol. The van der Waals surface area contributed by atoms with E-state index in [4.69, 9.17) is 4.65 Å². The number of phenols is 2. The predicted octanol–water partition coefficient (Wildman–Crippen LogP) is 3.20. The summed E-state index contributed by atoms with van der Waals surface area (Å²) in [5.74, 6) is 0.908. The SMILES string of the molecule is OB1Oc2ccc3ccc(O)cc3c2C=C1c1ccc(O)cc1. The Morgan fingerprint density at radius 1 is 0.826 bits per heavy atom. The second-order valence-corrected chi connectivity index (χ2v) is 5.50. The molecule has 0 atom stereocenters. The number of hydrogen-bond donors (Lipinski definition) is 3. The second-order valence-electron chi connectivity index (χ2n) is 5.50. The molecule has 3 N–H and O–H groups in total. The molecule has 0 radical (unpaired) electrons. The number of fused-ring (bicyclic) bond motifs is 3. The lowest BCUT2D eigenvalue weighted by molar-refractivity contribution is 0.432. The number of aromatic hydroxyl groups is 2. The highest BCUT2D eigenvalue weighted by molar-refractivity contribution is 6.70. The van der Waals surface area contributed by atoms with Gasteiger partial charge in [0.25, 0.3) is 0 Å². The van der Waals surface area contributed by atoms with Gasteiger partial charge in [-0.1, -0.05) is 24.3 Å². The van der Waals surface area contributed by atoms with Crippen molar-refractivity contribution in [3.05, 3.63) is 65.7 Å². The summed E-state index contributed by atoms with van der Waals surface area (Å²) in [5.41, 5.74) is 2.18. The van der Waals surface area contributed by atoms with Gasteiger partial charge in [0.1, 0.15) is 17.2 Å². The highest BCUT2D eigenvalue weighted by Crippen LogP contribution is 2.38. The van der Waals surface area contributed by atoms with Crippen LogP contribution in [-0.2, 0) is 0 Å². The lowest BCUT2D eigenvalue weighted by Crippen LogP contribution is -2.27. The summed E-state index contributed by atoms with van der Waals surface area (Å²) in [4.78, 5) is 0. The molecule has 1 aliphatic heterocycles. The van der Waals surface area contributed by atoms with Gasteiger partial charge in [-0.15, -0.1) is 0 Å². The highest BCUT2D eigenvalue weighted by Gasteiger charge is 2.29. The topological polar surface area (TPSA) is 69.9 Å². The van der Waals surface area contributed by atoms with Gasteiger partial charge < -0.3 is 19.9 Å².